The van der Waals surface area contributed by atoms with E-state index in [9.17, 15) is 13.7 Å². The fourth-order valence-electron chi connectivity index (χ4n) is 5.82. The first-order valence-corrected chi connectivity index (χ1v) is 15.8. The molecule has 1 saturated heterocycles. The summed E-state index contributed by atoms with van der Waals surface area (Å²) in [5, 5.41) is 20.4. The third-order valence-corrected chi connectivity index (χ3v) is 10.1. The molecule has 1 aromatic carbocycles. The molecule has 2 aliphatic carbocycles. The number of rotatable bonds is 9. The van der Waals surface area contributed by atoms with E-state index in [-0.39, 0.29) is 23.6 Å². The average molecular weight is 538 g/mol. The summed E-state index contributed by atoms with van der Waals surface area (Å²) in [6.45, 7) is 6.91. The van der Waals surface area contributed by atoms with E-state index >= 15 is 0 Å². The Kier molecular flexibility index (Phi) is 7.91. The minimum atomic E-state index is -3.34. The van der Waals surface area contributed by atoms with Crippen LogP contribution in [0, 0.1) is 23.2 Å². The molecule has 3 unspecified atom stereocenters. The van der Waals surface area contributed by atoms with Crippen molar-refractivity contribution < 1.29 is 8.42 Å². The van der Waals surface area contributed by atoms with Gasteiger partial charge in [0.15, 0.2) is 0 Å². The number of nitrogens with zero attached hydrogens (tertiary/aromatic N) is 4. The topological polar surface area (TPSA) is 99.0 Å². The fourth-order valence-corrected chi connectivity index (χ4v) is 8.10. The van der Waals surface area contributed by atoms with Crippen molar-refractivity contribution in [2.75, 3.05) is 25.4 Å². The molecule has 7 nitrogen and oxygen atoms in total. The summed E-state index contributed by atoms with van der Waals surface area (Å²) < 4.78 is 28.7. The molecule has 0 bridgehead atoms. The highest BCUT2D eigenvalue weighted by molar-refractivity contribution is 7.89. The quantitative estimate of drug-likeness (QED) is 0.500. The minimum absolute atomic E-state index is 0.0843. The van der Waals surface area contributed by atoms with Crippen molar-refractivity contribution in [2.24, 2.45) is 11.8 Å². The van der Waals surface area contributed by atoms with Gasteiger partial charge in [0.05, 0.1) is 17.4 Å². The summed E-state index contributed by atoms with van der Waals surface area (Å²) in [7, 11) is -3.34. The van der Waals surface area contributed by atoms with Crippen molar-refractivity contribution in [3.8, 4) is 16.6 Å². The lowest BCUT2D eigenvalue weighted by molar-refractivity contribution is 0.358. The molecule has 3 atom stereocenters. The number of likely N-dealkylation sites (tertiary alicyclic amines) is 1. The van der Waals surface area contributed by atoms with Crippen LogP contribution < -0.4 is 4.72 Å². The number of aromatic nitrogens is 2. The van der Waals surface area contributed by atoms with Crippen LogP contribution in [0.5, 0.6) is 0 Å². The molecule has 0 radical (unpaired) electrons. The van der Waals surface area contributed by atoms with E-state index in [0.29, 0.717) is 18.0 Å². The van der Waals surface area contributed by atoms with Gasteiger partial charge in [0, 0.05) is 24.1 Å². The monoisotopic (exact) mass is 537 g/mol. The molecular formula is C28H35N5O2S2. The van der Waals surface area contributed by atoms with Gasteiger partial charge in [0.1, 0.15) is 10.0 Å². The van der Waals surface area contributed by atoms with E-state index in [1.165, 1.54) is 0 Å². The summed E-state index contributed by atoms with van der Waals surface area (Å²) in [4.78, 5) is 2.24. The normalized spacial score (nSPS) is 23.8. The molecule has 1 N–H and O–H groups in total. The van der Waals surface area contributed by atoms with Crippen LogP contribution in [0.2, 0.25) is 0 Å². The van der Waals surface area contributed by atoms with E-state index in [0.717, 1.165) is 71.9 Å². The first-order valence-electron chi connectivity index (χ1n) is 13.3. The second-order valence-electron chi connectivity index (χ2n) is 10.8. The SMILES string of the molecule is CC(C)Cc1ccc(-c2nnc(C3C=CC=C4C(NS(=O)(=O)CCN5CCCC5)CCC43)s2)cc1C#N. The van der Waals surface area contributed by atoms with Crippen LogP contribution in [0.1, 0.15) is 61.6 Å². The molecule has 0 spiro atoms. The standard InChI is InChI=1S/C28H35N5O2S2/c1-19(2)16-20-8-9-21(17-22(20)18-29)27-30-31-28(36-27)25-7-5-6-24-23(25)10-11-26(24)32-37(34,35)15-14-33-12-3-4-13-33/h5-9,17,19,23,25-26,32H,3-4,10-16H2,1-2H3. The number of nitriles is 1. The predicted molar refractivity (Wildman–Crippen MR) is 148 cm³/mol. The number of sulfonamides is 1. The molecular weight excluding hydrogens is 502 g/mol. The van der Waals surface area contributed by atoms with Crippen LogP contribution in [-0.2, 0) is 16.4 Å². The molecule has 1 saturated carbocycles. The third-order valence-electron chi connectivity index (χ3n) is 7.67. The Labute approximate surface area is 224 Å². The van der Waals surface area contributed by atoms with Gasteiger partial charge in [-0.25, -0.2) is 13.1 Å². The lowest BCUT2D eigenvalue weighted by Gasteiger charge is -2.25. The van der Waals surface area contributed by atoms with Gasteiger partial charge in [-0.05, 0) is 74.2 Å². The van der Waals surface area contributed by atoms with Crippen LogP contribution in [0.4, 0.5) is 0 Å². The van der Waals surface area contributed by atoms with Crippen LogP contribution in [0.3, 0.4) is 0 Å². The van der Waals surface area contributed by atoms with Gasteiger partial charge in [-0.3, -0.25) is 0 Å². The zero-order chi connectivity index (χ0) is 26.0. The van der Waals surface area contributed by atoms with E-state index in [4.69, 9.17) is 0 Å². The van der Waals surface area contributed by atoms with E-state index < -0.39 is 10.0 Å². The maximum absolute atomic E-state index is 12.8. The van der Waals surface area contributed by atoms with Crippen LogP contribution in [0.15, 0.2) is 42.0 Å². The van der Waals surface area contributed by atoms with Crippen molar-refractivity contribution in [3.05, 3.63) is 58.1 Å². The molecule has 3 aliphatic rings. The van der Waals surface area contributed by atoms with Crippen LogP contribution in [0.25, 0.3) is 10.6 Å². The van der Waals surface area contributed by atoms with Gasteiger partial charge in [0.2, 0.25) is 10.0 Å². The molecule has 2 heterocycles. The number of benzene rings is 1. The highest BCUT2D eigenvalue weighted by atomic mass is 32.2. The van der Waals surface area contributed by atoms with Crippen molar-refractivity contribution in [2.45, 2.75) is 57.9 Å². The maximum atomic E-state index is 12.8. The lowest BCUT2D eigenvalue weighted by Crippen LogP contribution is -2.39. The zero-order valence-electron chi connectivity index (χ0n) is 21.6. The third kappa shape index (κ3) is 6.04. The summed E-state index contributed by atoms with van der Waals surface area (Å²) in [6, 6.07) is 8.18. The number of fused-ring (bicyclic) bond motifs is 1. The molecule has 2 aromatic rings. The number of allylic oxidation sites excluding steroid dienone is 3. The van der Waals surface area contributed by atoms with E-state index in [1.54, 1.807) is 11.3 Å². The van der Waals surface area contributed by atoms with Crippen molar-refractivity contribution in [3.63, 3.8) is 0 Å². The Bertz CT molecular complexity index is 1330. The Balaban J connectivity index is 1.27. The highest BCUT2D eigenvalue weighted by Gasteiger charge is 2.39. The lowest BCUT2D eigenvalue weighted by atomic mass is 9.84. The first-order chi connectivity index (χ1) is 17.8. The molecule has 1 aromatic heterocycles. The van der Waals surface area contributed by atoms with Crippen molar-refractivity contribution in [1.29, 1.82) is 5.26 Å². The minimum Gasteiger partial charge on any atom is -0.302 e. The molecule has 1 aliphatic heterocycles. The smallest absolute Gasteiger partial charge is 0.213 e. The largest absolute Gasteiger partial charge is 0.302 e. The van der Waals surface area contributed by atoms with Gasteiger partial charge in [0.25, 0.3) is 0 Å². The summed E-state index contributed by atoms with van der Waals surface area (Å²) >= 11 is 1.56. The van der Waals surface area contributed by atoms with Gasteiger partial charge >= 0.3 is 0 Å². The van der Waals surface area contributed by atoms with Crippen molar-refractivity contribution in [1.82, 2.24) is 19.8 Å². The molecule has 9 heteroatoms. The molecule has 37 heavy (non-hydrogen) atoms. The van der Waals surface area contributed by atoms with Crippen LogP contribution >= 0.6 is 11.3 Å². The summed E-state index contributed by atoms with van der Waals surface area (Å²) in [5.41, 5.74) is 3.83. The Morgan fingerprint density at radius 3 is 2.78 bits per heavy atom. The molecule has 2 fully saturated rings. The van der Waals surface area contributed by atoms with E-state index in [2.05, 4.69) is 51.9 Å². The number of nitrogens with one attached hydrogen (secondary N) is 1. The predicted octanol–water partition coefficient (Wildman–Crippen LogP) is 4.65. The van der Waals surface area contributed by atoms with Gasteiger partial charge in [-0.2, -0.15) is 5.26 Å². The van der Waals surface area contributed by atoms with Crippen LogP contribution in [-0.4, -0.2) is 54.9 Å². The number of hydrogen-bond donors (Lipinski definition) is 1. The fraction of sp³-hybridized carbons (Fsp3) is 0.536. The second kappa shape index (κ2) is 11.2. The average Bonchev–Trinajstić information content (AvgIpc) is 3.64. The summed E-state index contributed by atoms with van der Waals surface area (Å²) in [5.74, 6) is 0.943. The maximum Gasteiger partial charge on any atom is 0.213 e. The highest BCUT2D eigenvalue weighted by Crippen LogP contribution is 2.46. The summed E-state index contributed by atoms with van der Waals surface area (Å²) in [6.07, 6.45) is 11.2. The number of hydrogen-bond acceptors (Lipinski definition) is 7. The first kappa shape index (κ1) is 26.2. The molecule has 196 valence electrons. The van der Waals surface area contributed by atoms with Crippen molar-refractivity contribution >= 4 is 21.4 Å². The van der Waals surface area contributed by atoms with Gasteiger partial charge < -0.3 is 4.90 Å². The molecule has 0 amide bonds. The Hall–Kier alpha value is -2.38. The van der Waals surface area contributed by atoms with E-state index in [1.807, 2.05) is 24.3 Å². The second-order valence-corrected chi connectivity index (χ2v) is 13.7. The van der Waals surface area contributed by atoms with Gasteiger partial charge in [-0.1, -0.05) is 55.5 Å². The Morgan fingerprint density at radius 1 is 1.22 bits per heavy atom. The van der Waals surface area contributed by atoms with Gasteiger partial charge in [-0.15, -0.1) is 10.2 Å². The Morgan fingerprint density at radius 2 is 2.03 bits per heavy atom. The zero-order valence-corrected chi connectivity index (χ0v) is 23.2. The molecule has 5 rings (SSSR count).